The van der Waals surface area contributed by atoms with Gasteiger partial charge < -0.3 is 4.90 Å². The van der Waals surface area contributed by atoms with Gasteiger partial charge in [-0.1, -0.05) is 13.0 Å². The third-order valence-electron chi connectivity index (χ3n) is 4.78. The van der Waals surface area contributed by atoms with Crippen LogP contribution < -0.4 is 4.90 Å². The van der Waals surface area contributed by atoms with E-state index in [0.29, 0.717) is 6.04 Å². The third kappa shape index (κ3) is 2.69. The molecule has 2 aliphatic heterocycles. The Bertz CT molecular complexity index is 452. The molecule has 1 aromatic rings. The number of anilines is 1. The van der Waals surface area contributed by atoms with Gasteiger partial charge >= 0.3 is 0 Å². The fourth-order valence-corrected chi connectivity index (χ4v) is 3.77. The van der Waals surface area contributed by atoms with Crippen molar-refractivity contribution in [1.82, 2.24) is 9.88 Å². The number of aromatic nitrogens is 1. The number of hydrogen-bond donors (Lipinski definition) is 0. The SMILES string of the molecule is CCCN1CCC[C@@H]1c1ccc(N2CCCC2)nc1C. The van der Waals surface area contributed by atoms with Crippen molar-refractivity contribution < 1.29 is 0 Å². The van der Waals surface area contributed by atoms with Gasteiger partial charge in [0.05, 0.1) is 0 Å². The summed E-state index contributed by atoms with van der Waals surface area (Å²) in [7, 11) is 0. The zero-order valence-electron chi connectivity index (χ0n) is 12.9. The normalized spacial score (nSPS) is 23.7. The fourth-order valence-electron chi connectivity index (χ4n) is 3.77. The fraction of sp³-hybridized carbons (Fsp3) is 0.706. The number of hydrogen-bond acceptors (Lipinski definition) is 3. The zero-order valence-corrected chi connectivity index (χ0v) is 12.9. The summed E-state index contributed by atoms with van der Waals surface area (Å²) >= 11 is 0. The minimum atomic E-state index is 0.607. The Hall–Kier alpha value is -1.09. The van der Waals surface area contributed by atoms with Crippen molar-refractivity contribution in [2.45, 2.75) is 52.0 Å². The van der Waals surface area contributed by atoms with Crippen LogP contribution in [-0.2, 0) is 0 Å². The van der Waals surface area contributed by atoms with Crippen molar-refractivity contribution in [2.24, 2.45) is 0 Å². The second kappa shape index (κ2) is 6.13. The maximum Gasteiger partial charge on any atom is 0.128 e. The lowest BCUT2D eigenvalue weighted by molar-refractivity contribution is 0.257. The summed E-state index contributed by atoms with van der Waals surface area (Å²) in [6.07, 6.45) is 6.50. The Labute approximate surface area is 123 Å². The van der Waals surface area contributed by atoms with E-state index < -0.39 is 0 Å². The Morgan fingerprint density at radius 2 is 1.95 bits per heavy atom. The quantitative estimate of drug-likeness (QED) is 0.836. The van der Waals surface area contributed by atoms with Crippen LogP contribution in [0.15, 0.2) is 12.1 Å². The third-order valence-corrected chi connectivity index (χ3v) is 4.78. The van der Waals surface area contributed by atoms with Crippen LogP contribution in [0, 0.1) is 6.92 Å². The summed E-state index contributed by atoms with van der Waals surface area (Å²) in [5.74, 6) is 1.18. The summed E-state index contributed by atoms with van der Waals surface area (Å²) < 4.78 is 0. The van der Waals surface area contributed by atoms with Gasteiger partial charge in [-0.15, -0.1) is 0 Å². The molecule has 20 heavy (non-hydrogen) atoms. The van der Waals surface area contributed by atoms with Crippen molar-refractivity contribution in [3.8, 4) is 0 Å². The van der Waals surface area contributed by atoms with Crippen molar-refractivity contribution in [3.63, 3.8) is 0 Å². The first-order valence-electron chi connectivity index (χ1n) is 8.26. The summed E-state index contributed by atoms with van der Waals surface area (Å²) in [6, 6.07) is 5.19. The van der Waals surface area contributed by atoms with E-state index in [-0.39, 0.29) is 0 Å². The maximum atomic E-state index is 4.89. The molecule has 0 bridgehead atoms. The molecule has 2 fully saturated rings. The number of pyridine rings is 1. The smallest absolute Gasteiger partial charge is 0.128 e. The van der Waals surface area contributed by atoms with Gasteiger partial charge in [-0.3, -0.25) is 4.90 Å². The Kier molecular flexibility index (Phi) is 4.25. The van der Waals surface area contributed by atoms with Gasteiger partial charge in [-0.05, 0) is 63.7 Å². The minimum absolute atomic E-state index is 0.607. The van der Waals surface area contributed by atoms with Crippen LogP contribution in [0.5, 0.6) is 0 Å². The van der Waals surface area contributed by atoms with Crippen LogP contribution in [-0.4, -0.2) is 36.1 Å². The molecule has 0 N–H and O–H groups in total. The van der Waals surface area contributed by atoms with Crippen LogP contribution in [0.4, 0.5) is 5.82 Å². The Morgan fingerprint density at radius 3 is 2.65 bits per heavy atom. The van der Waals surface area contributed by atoms with Gasteiger partial charge in [0.2, 0.25) is 0 Å². The van der Waals surface area contributed by atoms with Crippen molar-refractivity contribution in [1.29, 1.82) is 0 Å². The summed E-state index contributed by atoms with van der Waals surface area (Å²) in [5, 5.41) is 0. The summed E-state index contributed by atoms with van der Waals surface area (Å²) in [6.45, 7) is 9.30. The number of rotatable bonds is 4. The topological polar surface area (TPSA) is 19.4 Å². The Morgan fingerprint density at radius 1 is 1.15 bits per heavy atom. The minimum Gasteiger partial charge on any atom is -0.357 e. The van der Waals surface area contributed by atoms with E-state index in [2.05, 4.69) is 35.8 Å². The lowest BCUT2D eigenvalue weighted by Gasteiger charge is -2.26. The molecule has 3 heteroatoms. The molecule has 2 saturated heterocycles. The highest BCUT2D eigenvalue weighted by molar-refractivity contribution is 5.43. The molecule has 1 aromatic heterocycles. The highest BCUT2D eigenvalue weighted by Gasteiger charge is 2.27. The average Bonchev–Trinajstić information content (AvgIpc) is 3.10. The van der Waals surface area contributed by atoms with E-state index >= 15 is 0 Å². The van der Waals surface area contributed by atoms with Gasteiger partial charge in [-0.2, -0.15) is 0 Å². The first kappa shape index (κ1) is 13.9. The molecule has 0 spiro atoms. The molecule has 3 heterocycles. The molecule has 0 radical (unpaired) electrons. The lowest BCUT2D eigenvalue weighted by Crippen LogP contribution is -2.25. The largest absolute Gasteiger partial charge is 0.357 e. The molecular weight excluding hydrogens is 246 g/mol. The molecule has 0 aromatic carbocycles. The molecule has 0 aliphatic carbocycles. The molecule has 0 amide bonds. The lowest BCUT2D eigenvalue weighted by atomic mass is 10.0. The van der Waals surface area contributed by atoms with E-state index in [1.165, 1.54) is 75.4 Å². The van der Waals surface area contributed by atoms with Gasteiger partial charge in [0, 0.05) is 24.8 Å². The molecule has 2 aliphatic rings. The molecule has 3 nitrogen and oxygen atoms in total. The second-order valence-corrected chi connectivity index (χ2v) is 6.23. The second-order valence-electron chi connectivity index (χ2n) is 6.23. The van der Waals surface area contributed by atoms with Crippen LogP contribution in [0.25, 0.3) is 0 Å². The number of likely N-dealkylation sites (tertiary alicyclic amines) is 1. The van der Waals surface area contributed by atoms with E-state index in [4.69, 9.17) is 4.98 Å². The summed E-state index contributed by atoms with van der Waals surface area (Å²) in [5.41, 5.74) is 2.70. The monoisotopic (exact) mass is 273 g/mol. The van der Waals surface area contributed by atoms with Crippen LogP contribution in [0.2, 0.25) is 0 Å². The molecular formula is C17H27N3. The molecule has 1 atom stereocenters. The number of aryl methyl sites for hydroxylation is 1. The molecule has 0 unspecified atom stereocenters. The summed E-state index contributed by atoms with van der Waals surface area (Å²) in [4.78, 5) is 9.96. The van der Waals surface area contributed by atoms with Crippen LogP contribution >= 0.6 is 0 Å². The highest BCUT2D eigenvalue weighted by Crippen LogP contribution is 2.34. The van der Waals surface area contributed by atoms with Gasteiger partial charge in [0.25, 0.3) is 0 Å². The predicted molar refractivity (Wildman–Crippen MR) is 84.3 cm³/mol. The first-order chi connectivity index (χ1) is 9.79. The van der Waals surface area contributed by atoms with E-state index in [1.54, 1.807) is 0 Å². The standard InChI is InChI=1S/C17H27N3/c1-3-10-19-13-6-7-16(19)15-8-9-17(18-14(15)2)20-11-4-5-12-20/h8-9,16H,3-7,10-13H2,1-2H3/t16-/m1/s1. The van der Waals surface area contributed by atoms with Crippen molar-refractivity contribution in [3.05, 3.63) is 23.4 Å². The predicted octanol–water partition coefficient (Wildman–Crippen LogP) is 3.54. The highest BCUT2D eigenvalue weighted by atomic mass is 15.2. The first-order valence-corrected chi connectivity index (χ1v) is 8.26. The number of nitrogens with zero attached hydrogens (tertiary/aromatic N) is 3. The maximum absolute atomic E-state index is 4.89. The van der Waals surface area contributed by atoms with Crippen LogP contribution in [0.3, 0.4) is 0 Å². The van der Waals surface area contributed by atoms with Crippen molar-refractivity contribution >= 4 is 5.82 Å². The molecule has 0 saturated carbocycles. The molecule has 3 rings (SSSR count). The van der Waals surface area contributed by atoms with Gasteiger partial charge in [0.15, 0.2) is 0 Å². The van der Waals surface area contributed by atoms with Crippen molar-refractivity contribution in [2.75, 3.05) is 31.1 Å². The van der Waals surface area contributed by atoms with E-state index in [1.807, 2.05) is 0 Å². The van der Waals surface area contributed by atoms with E-state index in [9.17, 15) is 0 Å². The van der Waals surface area contributed by atoms with Gasteiger partial charge in [0.1, 0.15) is 5.82 Å². The average molecular weight is 273 g/mol. The van der Waals surface area contributed by atoms with E-state index in [0.717, 1.165) is 0 Å². The van der Waals surface area contributed by atoms with Crippen LogP contribution in [0.1, 0.15) is 56.3 Å². The molecule has 110 valence electrons. The van der Waals surface area contributed by atoms with Gasteiger partial charge in [-0.25, -0.2) is 4.98 Å². The zero-order chi connectivity index (χ0) is 13.9. The Balaban J connectivity index is 1.79.